The molecule has 1 aromatic heterocycles. The fourth-order valence-corrected chi connectivity index (χ4v) is 1.91. The number of anilines is 2. The quantitative estimate of drug-likeness (QED) is 0.881. The Hall–Kier alpha value is -0.910. The number of benzene rings is 1. The first-order chi connectivity index (χ1) is 8.06. The van der Waals surface area contributed by atoms with Gasteiger partial charge in [0.2, 0.25) is 5.95 Å². The Morgan fingerprint density at radius 3 is 2.18 bits per heavy atom. The summed E-state index contributed by atoms with van der Waals surface area (Å²) in [7, 11) is 0. The van der Waals surface area contributed by atoms with E-state index in [0.717, 1.165) is 16.6 Å². The Morgan fingerprint density at radius 2 is 1.65 bits per heavy atom. The summed E-state index contributed by atoms with van der Waals surface area (Å²) in [5.74, 6) is -0.175. The van der Waals surface area contributed by atoms with Crippen LogP contribution in [0.3, 0.4) is 0 Å². The van der Waals surface area contributed by atoms with Crippen molar-refractivity contribution in [3.63, 3.8) is 0 Å². The molecule has 0 aliphatic carbocycles. The Morgan fingerprint density at radius 1 is 1.12 bits per heavy atom. The zero-order valence-corrected chi connectivity index (χ0v) is 11.3. The van der Waals surface area contributed by atoms with E-state index in [9.17, 15) is 4.39 Å². The zero-order chi connectivity index (χ0) is 12.4. The summed E-state index contributed by atoms with van der Waals surface area (Å²) in [6.07, 6.45) is 3.14. The molecule has 0 saturated heterocycles. The lowest BCUT2D eigenvalue weighted by molar-refractivity contribution is 0.628. The van der Waals surface area contributed by atoms with Crippen molar-refractivity contribution in [3.8, 4) is 0 Å². The highest BCUT2D eigenvalue weighted by molar-refractivity contribution is 9.10. The second-order valence-electron chi connectivity index (χ2n) is 3.09. The normalized spacial score (nSPS) is 10.4. The highest BCUT2D eigenvalue weighted by Crippen LogP contribution is 2.32. The molecule has 88 valence electrons. The maximum Gasteiger partial charge on any atom is 0.227 e. The van der Waals surface area contributed by atoms with Gasteiger partial charge in [-0.15, -0.1) is 0 Å². The van der Waals surface area contributed by atoms with Crippen LogP contribution in [0.2, 0.25) is 10.0 Å². The van der Waals surface area contributed by atoms with Crippen molar-refractivity contribution >= 4 is 50.8 Å². The highest BCUT2D eigenvalue weighted by Gasteiger charge is 2.09. The summed E-state index contributed by atoms with van der Waals surface area (Å²) in [4.78, 5) is 8.00. The average Bonchev–Trinajstić information content (AvgIpc) is 2.26. The summed E-state index contributed by atoms with van der Waals surface area (Å²) in [6.45, 7) is 0. The fraction of sp³-hybridized carbons (Fsp3) is 0. The van der Waals surface area contributed by atoms with Gasteiger partial charge in [-0.3, -0.25) is 0 Å². The number of rotatable bonds is 2. The van der Waals surface area contributed by atoms with Crippen molar-refractivity contribution in [1.82, 2.24) is 9.97 Å². The van der Waals surface area contributed by atoms with E-state index in [1.165, 1.54) is 0 Å². The average molecular weight is 337 g/mol. The molecule has 0 saturated carbocycles. The van der Waals surface area contributed by atoms with Gasteiger partial charge < -0.3 is 5.32 Å². The van der Waals surface area contributed by atoms with Crippen molar-refractivity contribution in [2.24, 2.45) is 0 Å². The SMILES string of the molecule is Fc1cc(Cl)c(Nc2ncc(Br)cn2)c(Cl)c1. The molecular formula is C10H5BrCl2FN3. The molecule has 2 rings (SSSR count). The molecule has 0 radical (unpaired) electrons. The van der Waals surface area contributed by atoms with Gasteiger partial charge in [-0.2, -0.15) is 0 Å². The molecule has 0 aliphatic heterocycles. The molecule has 0 amide bonds. The van der Waals surface area contributed by atoms with E-state index in [1.807, 2.05) is 0 Å². The van der Waals surface area contributed by atoms with Crippen LogP contribution in [-0.4, -0.2) is 9.97 Å². The van der Waals surface area contributed by atoms with Gasteiger partial charge in [-0.05, 0) is 28.1 Å². The van der Waals surface area contributed by atoms with Gasteiger partial charge >= 0.3 is 0 Å². The molecule has 0 fully saturated rings. The van der Waals surface area contributed by atoms with E-state index in [0.29, 0.717) is 11.6 Å². The first-order valence-electron chi connectivity index (χ1n) is 4.45. The first-order valence-corrected chi connectivity index (χ1v) is 6.00. The predicted molar refractivity (Wildman–Crippen MR) is 69.4 cm³/mol. The molecule has 1 N–H and O–H groups in total. The number of nitrogens with one attached hydrogen (secondary N) is 1. The summed E-state index contributed by atoms with van der Waals surface area (Å²) in [6, 6.07) is 2.32. The van der Waals surface area contributed by atoms with Crippen LogP contribution >= 0.6 is 39.1 Å². The molecule has 0 unspecified atom stereocenters. The molecule has 0 atom stereocenters. The van der Waals surface area contributed by atoms with Crippen LogP contribution in [0.15, 0.2) is 29.0 Å². The second-order valence-corrected chi connectivity index (χ2v) is 4.82. The number of nitrogens with zero attached hydrogens (tertiary/aromatic N) is 2. The third-order valence-corrected chi connectivity index (χ3v) is 2.87. The van der Waals surface area contributed by atoms with Gasteiger partial charge in [0.15, 0.2) is 0 Å². The van der Waals surface area contributed by atoms with Crippen molar-refractivity contribution < 1.29 is 4.39 Å². The maximum atomic E-state index is 13.0. The van der Waals surface area contributed by atoms with E-state index < -0.39 is 5.82 Å². The smallest absolute Gasteiger partial charge is 0.227 e. The van der Waals surface area contributed by atoms with Crippen LogP contribution in [0, 0.1) is 5.82 Å². The minimum Gasteiger partial charge on any atom is -0.322 e. The number of hydrogen-bond acceptors (Lipinski definition) is 3. The van der Waals surface area contributed by atoms with Gasteiger partial charge in [0.1, 0.15) is 5.82 Å². The largest absolute Gasteiger partial charge is 0.322 e. The summed E-state index contributed by atoms with van der Waals surface area (Å²) in [5.41, 5.74) is 0.372. The summed E-state index contributed by atoms with van der Waals surface area (Å²) in [5, 5.41) is 3.16. The van der Waals surface area contributed by atoms with Crippen LogP contribution in [0.5, 0.6) is 0 Å². The fourth-order valence-electron chi connectivity index (χ4n) is 1.15. The number of aromatic nitrogens is 2. The van der Waals surface area contributed by atoms with Crippen LogP contribution in [0.4, 0.5) is 16.0 Å². The van der Waals surface area contributed by atoms with E-state index in [1.54, 1.807) is 12.4 Å². The van der Waals surface area contributed by atoms with Gasteiger partial charge in [0.05, 0.1) is 20.2 Å². The molecule has 0 spiro atoms. The lowest BCUT2D eigenvalue weighted by atomic mass is 10.3. The topological polar surface area (TPSA) is 37.8 Å². The summed E-state index contributed by atoms with van der Waals surface area (Å²) < 4.78 is 13.7. The van der Waals surface area contributed by atoms with Gasteiger partial charge in [0, 0.05) is 12.4 Å². The number of hydrogen-bond donors (Lipinski definition) is 1. The molecule has 1 aromatic carbocycles. The van der Waals surface area contributed by atoms with Crippen molar-refractivity contribution in [3.05, 3.63) is 44.9 Å². The molecule has 0 aliphatic rings. The van der Waals surface area contributed by atoms with Crippen molar-refractivity contribution in [1.29, 1.82) is 0 Å². The summed E-state index contributed by atoms with van der Waals surface area (Å²) >= 11 is 14.9. The van der Waals surface area contributed by atoms with E-state index in [2.05, 4.69) is 31.2 Å². The minimum absolute atomic E-state index is 0.168. The van der Waals surface area contributed by atoms with E-state index in [-0.39, 0.29) is 10.0 Å². The zero-order valence-electron chi connectivity index (χ0n) is 8.22. The molecule has 2 aromatic rings. The molecule has 3 nitrogen and oxygen atoms in total. The molecular weight excluding hydrogens is 332 g/mol. The van der Waals surface area contributed by atoms with Crippen LogP contribution < -0.4 is 5.32 Å². The van der Waals surface area contributed by atoms with Gasteiger partial charge in [-0.25, -0.2) is 14.4 Å². The molecule has 7 heteroatoms. The van der Waals surface area contributed by atoms with Crippen LogP contribution in [0.25, 0.3) is 0 Å². The Balaban J connectivity index is 2.33. The Bertz CT molecular complexity index is 525. The highest BCUT2D eigenvalue weighted by atomic mass is 79.9. The predicted octanol–water partition coefficient (Wildman–Crippen LogP) is 4.43. The van der Waals surface area contributed by atoms with Gasteiger partial charge in [-0.1, -0.05) is 23.2 Å². The van der Waals surface area contributed by atoms with Crippen LogP contribution in [0.1, 0.15) is 0 Å². The third-order valence-electron chi connectivity index (χ3n) is 1.86. The monoisotopic (exact) mass is 335 g/mol. The second kappa shape index (κ2) is 5.16. The standard InChI is InChI=1S/C10H5BrCl2FN3/c11-5-3-15-10(16-4-5)17-9-7(12)1-6(14)2-8(9)13/h1-4H,(H,15,16,17). The maximum absolute atomic E-state index is 13.0. The Labute approximate surface area is 115 Å². The molecule has 1 heterocycles. The van der Waals surface area contributed by atoms with Crippen molar-refractivity contribution in [2.45, 2.75) is 0 Å². The van der Waals surface area contributed by atoms with Crippen molar-refractivity contribution in [2.75, 3.05) is 5.32 Å². The third kappa shape index (κ3) is 3.06. The van der Waals surface area contributed by atoms with E-state index >= 15 is 0 Å². The lowest BCUT2D eigenvalue weighted by Gasteiger charge is -2.08. The molecule has 0 bridgehead atoms. The Kier molecular flexibility index (Phi) is 3.81. The molecule has 17 heavy (non-hydrogen) atoms. The number of halogens is 4. The minimum atomic E-state index is -0.498. The van der Waals surface area contributed by atoms with Crippen LogP contribution in [-0.2, 0) is 0 Å². The van der Waals surface area contributed by atoms with Gasteiger partial charge in [0.25, 0.3) is 0 Å². The lowest BCUT2D eigenvalue weighted by Crippen LogP contribution is -1.98. The first kappa shape index (κ1) is 12.5. The van der Waals surface area contributed by atoms with E-state index in [4.69, 9.17) is 23.2 Å².